The number of nitro groups is 1. The fourth-order valence-electron chi connectivity index (χ4n) is 2.65. The summed E-state index contributed by atoms with van der Waals surface area (Å²) in [6.45, 7) is 1.39. The molecule has 0 bridgehead atoms. The van der Waals surface area contributed by atoms with E-state index in [2.05, 4.69) is 0 Å². The number of anilines is 1. The molecule has 0 spiro atoms. The molecule has 0 saturated carbocycles. The summed E-state index contributed by atoms with van der Waals surface area (Å²) in [7, 11) is 1.63. The normalized spacial score (nSPS) is 16.7. The second-order valence-corrected chi connectivity index (χ2v) is 7.03. The Kier molecular flexibility index (Phi) is 5.75. The van der Waals surface area contributed by atoms with Crippen molar-refractivity contribution < 1.29 is 19.2 Å². The van der Waals surface area contributed by atoms with Gasteiger partial charge in [0.1, 0.15) is 12.4 Å². The molecule has 8 heteroatoms. The van der Waals surface area contributed by atoms with Gasteiger partial charge in [-0.05, 0) is 29.8 Å². The molecule has 1 saturated heterocycles. The molecule has 3 rings (SSSR count). The first kappa shape index (κ1) is 18.2. The third kappa shape index (κ3) is 4.33. The third-order valence-electron chi connectivity index (χ3n) is 3.90. The predicted molar refractivity (Wildman–Crippen MR) is 99.9 cm³/mol. The van der Waals surface area contributed by atoms with E-state index >= 15 is 0 Å². The van der Waals surface area contributed by atoms with Crippen molar-refractivity contribution >= 4 is 28.4 Å². The lowest BCUT2D eigenvalue weighted by atomic mass is 10.2. The molecule has 1 fully saturated rings. The van der Waals surface area contributed by atoms with Crippen LogP contribution in [0.3, 0.4) is 0 Å². The second kappa shape index (κ2) is 8.20. The Labute approximate surface area is 155 Å². The molecule has 0 radical (unpaired) electrons. The van der Waals surface area contributed by atoms with E-state index in [1.165, 1.54) is 23.9 Å². The standard InChI is InChI=1S/C18H18N2O5S/c1-24-12-17-10-19(18(21)26-17)14-5-7-16(8-6-14)25-11-13-3-2-4-15(9-13)20(22)23/h2-9,17H,10-12H2,1H3. The molecular weight excluding hydrogens is 356 g/mol. The van der Waals surface area contributed by atoms with Crippen molar-refractivity contribution in [3.63, 3.8) is 0 Å². The number of hydrogen-bond donors (Lipinski definition) is 0. The van der Waals surface area contributed by atoms with Gasteiger partial charge >= 0.3 is 0 Å². The highest BCUT2D eigenvalue weighted by Gasteiger charge is 2.31. The second-order valence-electron chi connectivity index (χ2n) is 5.78. The minimum atomic E-state index is -0.430. The molecule has 2 aromatic carbocycles. The number of hydrogen-bond acceptors (Lipinski definition) is 6. The Morgan fingerprint density at radius 3 is 2.73 bits per heavy atom. The highest BCUT2D eigenvalue weighted by molar-refractivity contribution is 8.14. The van der Waals surface area contributed by atoms with Crippen molar-refractivity contribution in [2.45, 2.75) is 11.9 Å². The van der Waals surface area contributed by atoms with Crippen LogP contribution in [0, 0.1) is 10.1 Å². The lowest BCUT2D eigenvalue weighted by molar-refractivity contribution is -0.384. The minimum Gasteiger partial charge on any atom is -0.489 e. The van der Waals surface area contributed by atoms with Gasteiger partial charge in [-0.2, -0.15) is 0 Å². The Morgan fingerprint density at radius 1 is 1.27 bits per heavy atom. The van der Waals surface area contributed by atoms with Gasteiger partial charge in [0.25, 0.3) is 10.9 Å². The average Bonchev–Trinajstić information content (AvgIpc) is 3.01. The summed E-state index contributed by atoms with van der Waals surface area (Å²) in [6.07, 6.45) is 0. The van der Waals surface area contributed by atoms with Crippen LogP contribution in [0.4, 0.5) is 16.2 Å². The molecule has 1 aliphatic rings. The van der Waals surface area contributed by atoms with E-state index in [0.29, 0.717) is 18.9 Å². The van der Waals surface area contributed by atoms with Crippen molar-refractivity contribution in [2.75, 3.05) is 25.2 Å². The van der Waals surface area contributed by atoms with E-state index in [-0.39, 0.29) is 22.8 Å². The molecule has 1 atom stereocenters. The highest BCUT2D eigenvalue weighted by atomic mass is 32.2. The van der Waals surface area contributed by atoms with Gasteiger partial charge < -0.3 is 14.4 Å². The molecule has 0 aliphatic carbocycles. The number of non-ortho nitro benzene ring substituents is 1. The lowest BCUT2D eigenvalue weighted by Crippen LogP contribution is -2.25. The van der Waals surface area contributed by atoms with Crippen LogP contribution in [-0.4, -0.2) is 35.7 Å². The number of amides is 1. The zero-order valence-corrected chi connectivity index (χ0v) is 15.0. The quantitative estimate of drug-likeness (QED) is 0.541. The van der Waals surface area contributed by atoms with E-state index in [0.717, 1.165) is 11.3 Å². The lowest BCUT2D eigenvalue weighted by Gasteiger charge is -2.16. The maximum atomic E-state index is 12.1. The maximum Gasteiger partial charge on any atom is 0.286 e. The number of rotatable bonds is 7. The van der Waals surface area contributed by atoms with Gasteiger partial charge in [0.05, 0.1) is 16.8 Å². The molecule has 0 N–H and O–H groups in total. The third-order valence-corrected chi connectivity index (χ3v) is 4.94. The van der Waals surface area contributed by atoms with E-state index in [1.807, 2.05) is 12.1 Å². The summed E-state index contributed by atoms with van der Waals surface area (Å²) >= 11 is 1.28. The number of carbonyl (C=O) groups is 1. The van der Waals surface area contributed by atoms with Crippen LogP contribution in [0.15, 0.2) is 48.5 Å². The molecule has 1 heterocycles. The van der Waals surface area contributed by atoms with Crippen molar-refractivity contribution in [3.05, 3.63) is 64.2 Å². The van der Waals surface area contributed by atoms with Crippen LogP contribution in [0.25, 0.3) is 0 Å². The summed E-state index contributed by atoms with van der Waals surface area (Å²) in [4.78, 5) is 24.2. The minimum absolute atomic E-state index is 0.0114. The summed E-state index contributed by atoms with van der Waals surface area (Å²) in [6, 6.07) is 13.6. The van der Waals surface area contributed by atoms with Crippen LogP contribution in [0.5, 0.6) is 5.75 Å². The largest absolute Gasteiger partial charge is 0.489 e. The summed E-state index contributed by atoms with van der Waals surface area (Å²) in [5.74, 6) is 0.632. The van der Waals surface area contributed by atoms with Crippen LogP contribution < -0.4 is 9.64 Å². The van der Waals surface area contributed by atoms with Crippen LogP contribution in [0.1, 0.15) is 5.56 Å². The van der Waals surface area contributed by atoms with Crippen LogP contribution >= 0.6 is 11.8 Å². The van der Waals surface area contributed by atoms with E-state index in [1.54, 1.807) is 36.3 Å². The zero-order valence-electron chi connectivity index (χ0n) is 14.2. The first-order valence-corrected chi connectivity index (χ1v) is 8.88. The SMILES string of the molecule is COCC1CN(c2ccc(OCc3cccc([N+](=O)[O-])c3)cc2)C(=O)S1. The summed E-state index contributed by atoms with van der Waals surface area (Å²) in [5, 5.41) is 11.0. The number of methoxy groups -OCH3 is 1. The first-order chi connectivity index (χ1) is 12.6. The predicted octanol–water partition coefficient (Wildman–Crippen LogP) is 3.86. The van der Waals surface area contributed by atoms with Gasteiger partial charge in [-0.3, -0.25) is 14.9 Å². The van der Waals surface area contributed by atoms with Crippen molar-refractivity contribution in [3.8, 4) is 5.75 Å². The topological polar surface area (TPSA) is 81.9 Å². The zero-order chi connectivity index (χ0) is 18.5. The Hall–Kier alpha value is -2.58. The molecular formula is C18H18N2O5S. The van der Waals surface area contributed by atoms with Crippen molar-refractivity contribution in [1.82, 2.24) is 0 Å². The van der Waals surface area contributed by atoms with Gasteiger partial charge in [0.15, 0.2) is 0 Å². The first-order valence-electron chi connectivity index (χ1n) is 8.00. The molecule has 2 aromatic rings. The molecule has 1 aliphatic heterocycles. The number of nitrogens with zero attached hydrogens (tertiary/aromatic N) is 2. The average molecular weight is 374 g/mol. The Morgan fingerprint density at radius 2 is 2.04 bits per heavy atom. The van der Waals surface area contributed by atoms with Gasteiger partial charge in [0, 0.05) is 31.5 Å². The van der Waals surface area contributed by atoms with Crippen LogP contribution in [0.2, 0.25) is 0 Å². The molecule has 0 aromatic heterocycles. The van der Waals surface area contributed by atoms with Gasteiger partial charge in [-0.15, -0.1) is 0 Å². The van der Waals surface area contributed by atoms with Crippen LogP contribution in [-0.2, 0) is 11.3 Å². The molecule has 1 amide bonds. The van der Waals surface area contributed by atoms with E-state index < -0.39 is 4.92 Å². The number of benzene rings is 2. The smallest absolute Gasteiger partial charge is 0.286 e. The summed E-state index contributed by atoms with van der Waals surface area (Å²) < 4.78 is 10.8. The monoisotopic (exact) mass is 374 g/mol. The fourth-order valence-corrected chi connectivity index (χ4v) is 3.67. The van der Waals surface area contributed by atoms with Gasteiger partial charge in [-0.1, -0.05) is 23.9 Å². The van der Waals surface area contributed by atoms with Crippen molar-refractivity contribution in [1.29, 1.82) is 0 Å². The summed E-state index contributed by atoms with van der Waals surface area (Å²) in [5.41, 5.74) is 1.57. The molecule has 136 valence electrons. The number of nitro benzene ring substituents is 1. The molecule has 26 heavy (non-hydrogen) atoms. The van der Waals surface area contributed by atoms with Crippen molar-refractivity contribution in [2.24, 2.45) is 0 Å². The molecule has 7 nitrogen and oxygen atoms in total. The maximum absolute atomic E-state index is 12.1. The Bertz CT molecular complexity index is 796. The Balaban J connectivity index is 1.61. The van der Waals surface area contributed by atoms with Gasteiger partial charge in [-0.25, -0.2) is 0 Å². The fraction of sp³-hybridized carbons (Fsp3) is 0.278. The van der Waals surface area contributed by atoms with E-state index in [4.69, 9.17) is 9.47 Å². The number of carbonyl (C=O) groups excluding carboxylic acids is 1. The van der Waals surface area contributed by atoms with E-state index in [9.17, 15) is 14.9 Å². The highest BCUT2D eigenvalue weighted by Crippen LogP contribution is 2.31. The van der Waals surface area contributed by atoms with Gasteiger partial charge in [0.2, 0.25) is 0 Å². The molecule has 1 unspecified atom stereocenters. The number of thioether (sulfide) groups is 1. The number of ether oxygens (including phenoxy) is 2.